The first kappa shape index (κ1) is 21.9. The SMILES string of the molecule is CCCn1c(N)c(C(=O)COC(=O)CCc2ccccc2OC)c(=O)n(C)c1=O. The summed E-state index contributed by atoms with van der Waals surface area (Å²) in [5.74, 6) is -0.902. The van der Waals surface area contributed by atoms with Gasteiger partial charge < -0.3 is 15.2 Å². The molecular formula is C20H25N3O6. The molecule has 9 nitrogen and oxygen atoms in total. The molecule has 1 heterocycles. The van der Waals surface area contributed by atoms with Gasteiger partial charge in [0.05, 0.1) is 7.11 Å². The minimum absolute atomic E-state index is 0.0382. The second-order valence-corrected chi connectivity index (χ2v) is 6.45. The van der Waals surface area contributed by atoms with Crippen molar-refractivity contribution in [1.82, 2.24) is 9.13 Å². The minimum atomic E-state index is -0.810. The molecule has 0 atom stereocenters. The molecule has 0 aliphatic heterocycles. The van der Waals surface area contributed by atoms with Crippen molar-refractivity contribution in [2.75, 3.05) is 19.5 Å². The largest absolute Gasteiger partial charge is 0.496 e. The van der Waals surface area contributed by atoms with Gasteiger partial charge in [-0.2, -0.15) is 0 Å². The molecule has 2 rings (SSSR count). The maximum Gasteiger partial charge on any atom is 0.332 e. The van der Waals surface area contributed by atoms with E-state index in [1.807, 2.05) is 25.1 Å². The second-order valence-electron chi connectivity index (χ2n) is 6.45. The Labute approximate surface area is 167 Å². The van der Waals surface area contributed by atoms with E-state index in [0.29, 0.717) is 18.6 Å². The van der Waals surface area contributed by atoms with Crippen LogP contribution in [-0.2, 0) is 29.5 Å². The maximum absolute atomic E-state index is 12.5. The number of para-hydroxylation sites is 1. The van der Waals surface area contributed by atoms with E-state index in [9.17, 15) is 19.2 Å². The molecule has 0 fully saturated rings. The van der Waals surface area contributed by atoms with Gasteiger partial charge >= 0.3 is 11.7 Å². The molecule has 2 aromatic rings. The zero-order valence-electron chi connectivity index (χ0n) is 16.8. The van der Waals surface area contributed by atoms with E-state index in [4.69, 9.17) is 15.2 Å². The Morgan fingerprint density at radius 3 is 2.52 bits per heavy atom. The molecule has 0 saturated heterocycles. The van der Waals surface area contributed by atoms with Gasteiger partial charge in [-0.05, 0) is 24.5 Å². The highest BCUT2D eigenvalue weighted by Crippen LogP contribution is 2.19. The Bertz CT molecular complexity index is 1020. The third kappa shape index (κ3) is 4.92. The number of hydrogen-bond donors (Lipinski definition) is 1. The quantitative estimate of drug-likeness (QED) is 0.487. The number of nitrogen functional groups attached to an aromatic ring is 1. The number of hydrogen-bond acceptors (Lipinski definition) is 7. The number of Topliss-reactive ketones (excluding diaryl/α,β-unsaturated/α-hetero) is 1. The predicted molar refractivity (Wildman–Crippen MR) is 107 cm³/mol. The van der Waals surface area contributed by atoms with Crippen molar-refractivity contribution in [3.05, 3.63) is 56.2 Å². The van der Waals surface area contributed by atoms with Crippen LogP contribution < -0.4 is 21.7 Å². The van der Waals surface area contributed by atoms with Crippen LogP contribution in [0.2, 0.25) is 0 Å². The van der Waals surface area contributed by atoms with Gasteiger partial charge in [0.1, 0.15) is 17.1 Å². The number of methoxy groups -OCH3 is 1. The molecular weight excluding hydrogens is 378 g/mol. The Kier molecular flexibility index (Phi) is 7.35. The second kappa shape index (κ2) is 9.72. The number of aryl methyl sites for hydroxylation is 1. The van der Waals surface area contributed by atoms with Crippen molar-refractivity contribution >= 4 is 17.6 Å². The summed E-state index contributed by atoms with van der Waals surface area (Å²) in [5, 5.41) is 0. The molecule has 0 aliphatic carbocycles. The molecule has 29 heavy (non-hydrogen) atoms. The zero-order chi connectivity index (χ0) is 21.6. The van der Waals surface area contributed by atoms with Gasteiger partial charge in [0.2, 0.25) is 5.78 Å². The lowest BCUT2D eigenvalue weighted by Gasteiger charge is -2.14. The Morgan fingerprint density at radius 1 is 1.17 bits per heavy atom. The predicted octanol–water partition coefficient (Wildman–Crippen LogP) is 0.907. The van der Waals surface area contributed by atoms with Crippen LogP contribution in [0.1, 0.15) is 35.7 Å². The molecule has 0 unspecified atom stereocenters. The summed E-state index contributed by atoms with van der Waals surface area (Å²) < 4.78 is 12.2. The fourth-order valence-electron chi connectivity index (χ4n) is 2.92. The fourth-order valence-corrected chi connectivity index (χ4v) is 2.92. The average Bonchev–Trinajstić information content (AvgIpc) is 2.72. The molecule has 1 aromatic carbocycles. The Morgan fingerprint density at radius 2 is 1.86 bits per heavy atom. The number of carbonyl (C=O) groups is 2. The van der Waals surface area contributed by atoms with Crippen LogP contribution in [0, 0.1) is 0 Å². The number of rotatable bonds is 9. The van der Waals surface area contributed by atoms with Gasteiger partial charge in [0.25, 0.3) is 5.56 Å². The first-order valence-corrected chi connectivity index (χ1v) is 9.21. The van der Waals surface area contributed by atoms with Crippen LogP contribution in [0.3, 0.4) is 0 Å². The lowest BCUT2D eigenvalue weighted by Crippen LogP contribution is -2.43. The molecule has 0 aliphatic rings. The van der Waals surface area contributed by atoms with Gasteiger partial charge in [-0.3, -0.25) is 23.5 Å². The van der Waals surface area contributed by atoms with E-state index in [2.05, 4.69) is 0 Å². The number of benzene rings is 1. The van der Waals surface area contributed by atoms with Gasteiger partial charge in [0, 0.05) is 20.0 Å². The maximum atomic E-state index is 12.5. The first-order chi connectivity index (χ1) is 13.8. The topological polar surface area (TPSA) is 123 Å². The molecule has 0 saturated carbocycles. The summed E-state index contributed by atoms with van der Waals surface area (Å²) in [6.45, 7) is 1.47. The number of nitrogens with zero attached hydrogens (tertiary/aromatic N) is 2. The van der Waals surface area contributed by atoms with Gasteiger partial charge in [-0.25, -0.2) is 4.79 Å². The average molecular weight is 403 g/mol. The lowest BCUT2D eigenvalue weighted by atomic mass is 10.1. The molecule has 9 heteroatoms. The highest BCUT2D eigenvalue weighted by Gasteiger charge is 2.22. The van der Waals surface area contributed by atoms with E-state index in [1.54, 1.807) is 13.2 Å². The highest BCUT2D eigenvalue weighted by atomic mass is 16.5. The van der Waals surface area contributed by atoms with Crippen LogP contribution in [0.15, 0.2) is 33.9 Å². The molecule has 0 radical (unpaired) electrons. The summed E-state index contributed by atoms with van der Waals surface area (Å²) in [5.41, 5.74) is 4.97. The third-order valence-corrected chi connectivity index (χ3v) is 4.46. The minimum Gasteiger partial charge on any atom is -0.496 e. The van der Waals surface area contributed by atoms with Gasteiger partial charge in [-0.1, -0.05) is 25.1 Å². The van der Waals surface area contributed by atoms with Gasteiger partial charge in [-0.15, -0.1) is 0 Å². The molecule has 156 valence electrons. The monoisotopic (exact) mass is 403 g/mol. The van der Waals surface area contributed by atoms with Crippen molar-refractivity contribution in [2.45, 2.75) is 32.7 Å². The van der Waals surface area contributed by atoms with E-state index in [1.165, 1.54) is 7.05 Å². The lowest BCUT2D eigenvalue weighted by molar-refractivity contribution is -0.142. The summed E-state index contributed by atoms with van der Waals surface area (Å²) in [7, 11) is 2.81. The standard InChI is InChI=1S/C20H25N3O6/c1-4-11-23-18(21)17(19(26)22(2)20(23)27)14(24)12-29-16(25)10-9-13-7-5-6-8-15(13)28-3/h5-8H,4,9-12,21H2,1-3H3. The van der Waals surface area contributed by atoms with Crippen molar-refractivity contribution < 1.29 is 19.1 Å². The zero-order valence-corrected chi connectivity index (χ0v) is 16.8. The molecule has 0 spiro atoms. The number of ether oxygens (including phenoxy) is 2. The molecule has 2 N–H and O–H groups in total. The van der Waals surface area contributed by atoms with Crippen LogP contribution in [-0.4, -0.2) is 34.6 Å². The number of nitrogens with two attached hydrogens (primary N) is 1. The number of carbonyl (C=O) groups excluding carboxylic acids is 2. The van der Waals surface area contributed by atoms with E-state index >= 15 is 0 Å². The third-order valence-electron chi connectivity index (χ3n) is 4.46. The Balaban J connectivity index is 2.08. The van der Waals surface area contributed by atoms with Gasteiger partial charge in [0.15, 0.2) is 6.61 Å². The highest BCUT2D eigenvalue weighted by molar-refractivity contribution is 6.01. The summed E-state index contributed by atoms with van der Waals surface area (Å²) in [6, 6.07) is 7.27. The normalized spacial score (nSPS) is 10.6. The smallest absolute Gasteiger partial charge is 0.332 e. The molecule has 1 aromatic heterocycles. The Hall–Kier alpha value is -3.36. The van der Waals surface area contributed by atoms with Crippen molar-refractivity contribution in [3.63, 3.8) is 0 Å². The number of ketones is 1. The number of aromatic nitrogens is 2. The number of esters is 1. The molecule has 0 amide bonds. The van der Waals surface area contributed by atoms with Crippen LogP contribution in [0.25, 0.3) is 0 Å². The fraction of sp³-hybridized carbons (Fsp3) is 0.400. The van der Waals surface area contributed by atoms with Crippen molar-refractivity contribution in [1.29, 1.82) is 0 Å². The summed E-state index contributed by atoms with van der Waals surface area (Å²) in [6.07, 6.45) is 1.01. The first-order valence-electron chi connectivity index (χ1n) is 9.21. The number of anilines is 1. The van der Waals surface area contributed by atoms with Crippen molar-refractivity contribution in [3.8, 4) is 5.75 Å². The van der Waals surface area contributed by atoms with Crippen LogP contribution in [0.4, 0.5) is 5.82 Å². The van der Waals surface area contributed by atoms with Crippen LogP contribution >= 0.6 is 0 Å². The van der Waals surface area contributed by atoms with Crippen molar-refractivity contribution in [2.24, 2.45) is 7.05 Å². The van der Waals surface area contributed by atoms with E-state index in [0.717, 1.165) is 14.7 Å². The summed E-state index contributed by atoms with van der Waals surface area (Å²) >= 11 is 0. The molecule has 0 bridgehead atoms. The summed E-state index contributed by atoms with van der Waals surface area (Å²) in [4.78, 5) is 49.0. The van der Waals surface area contributed by atoms with Crippen LogP contribution in [0.5, 0.6) is 5.75 Å². The van der Waals surface area contributed by atoms with E-state index in [-0.39, 0.29) is 24.3 Å². The van der Waals surface area contributed by atoms with E-state index < -0.39 is 29.6 Å².